The molecule has 0 bridgehead atoms. The van der Waals surface area contributed by atoms with Gasteiger partial charge in [-0.1, -0.05) is 29.8 Å². The van der Waals surface area contributed by atoms with Crippen LogP contribution < -0.4 is 14.9 Å². The summed E-state index contributed by atoms with van der Waals surface area (Å²) in [6, 6.07) is 13.0. The SMILES string of the molecule is O=C1CN(c2ccc(NS(=O)(=O)c3ccccc3)cc2Cl)CCN1. The number of halogens is 1. The van der Waals surface area contributed by atoms with Gasteiger partial charge < -0.3 is 10.2 Å². The smallest absolute Gasteiger partial charge is 0.261 e. The minimum Gasteiger partial charge on any atom is -0.359 e. The highest BCUT2D eigenvalue weighted by atomic mass is 35.5. The second-order valence-corrected chi connectivity index (χ2v) is 7.45. The molecule has 2 N–H and O–H groups in total. The van der Waals surface area contributed by atoms with Gasteiger partial charge in [0.2, 0.25) is 5.91 Å². The summed E-state index contributed by atoms with van der Waals surface area (Å²) in [6.07, 6.45) is 0. The highest BCUT2D eigenvalue weighted by Gasteiger charge is 2.19. The van der Waals surface area contributed by atoms with Crippen molar-refractivity contribution in [1.82, 2.24) is 5.32 Å². The van der Waals surface area contributed by atoms with E-state index in [0.29, 0.717) is 29.5 Å². The Bertz CT molecular complexity index is 856. The van der Waals surface area contributed by atoms with Crippen LogP contribution >= 0.6 is 11.6 Å². The van der Waals surface area contributed by atoms with Gasteiger partial charge in [-0.2, -0.15) is 0 Å². The third kappa shape index (κ3) is 3.63. The molecule has 1 fully saturated rings. The maximum atomic E-state index is 12.3. The number of carbonyl (C=O) groups is 1. The first kappa shape index (κ1) is 16.6. The predicted molar refractivity (Wildman–Crippen MR) is 93.9 cm³/mol. The fourth-order valence-corrected chi connectivity index (χ4v) is 3.86. The minimum atomic E-state index is -3.66. The predicted octanol–water partition coefficient (Wildman–Crippen LogP) is 2.08. The van der Waals surface area contributed by atoms with Gasteiger partial charge in [0, 0.05) is 13.1 Å². The first-order chi connectivity index (χ1) is 11.5. The van der Waals surface area contributed by atoms with Gasteiger partial charge in [-0.3, -0.25) is 9.52 Å². The molecule has 1 saturated heterocycles. The van der Waals surface area contributed by atoms with Crippen molar-refractivity contribution < 1.29 is 13.2 Å². The van der Waals surface area contributed by atoms with E-state index < -0.39 is 10.0 Å². The van der Waals surface area contributed by atoms with Gasteiger partial charge in [0.1, 0.15) is 0 Å². The Morgan fingerprint density at radius 1 is 1.12 bits per heavy atom. The molecule has 24 heavy (non-hydrogen) atoms. The van der Waals surface area contributed by atoms with E-state index in [9.17, 15) is 13.2 Å². The first-order valence-electron chi connectivity index (χ1n) is 7.35. The maximum Gasteiger partial charge on any atom is 0.261 e. The zero-order valence-corrected chi connectivity index (χ0v) is 14.3. The number of piperazine rings is 1. The molecule has 0 aromatic heterocycles. The van der Waals surface area contributed by atoms with E-state index in [-0.39, 0.29) is 17.3 Å². The Morgan fingerprint density at radius 3 is 2.54 bits per heavy atom. The number of rotatable bonds is 4. The molecule has 8 heteroatoms. The van der Waals surface area contributed by atoms with Gasteiger partial charge in [-0.05, 0) is 30.3 Å². The van der Waals surface area contributed by atoms with Gasteiger partial charge in [-0.15, -0.1) is 0 Å². The van der Waals surface area contributed by atoms with Crippen LogP contribution in [0.2, 0.25) is 5.02 Å². The normalized spacial score (nSPS) is 15.0. The van der Waals surface area contributed by atoms with Crippen LogP contribution in [0.4, 0.5) is 11.4 Å². The third-order valence-corrected chi connectivity index (χ3v) is 5.33. The van der Waals surface area contributed by atoms with Crippen LogP contribution in [0.15, 0.2) is 53.4 Å². The summed E-state index contributed by atoms with van der Waals surface area (Å²) in [7, 11) is -3.66. The van der Waals surface area contributed by atoms with Crippen molar-refractivity contribution in [3.8, 4) is 0 Å². The number of amides is 1. The van der Waals surface area contributed by atoms with Gasteiger partial charge in [-0.25, -0.2) is 8.42 Å². The van der Waals surface area contributed by atoms with Crippen LogP contribution in [-0.4, -0.2) is 34.0 Å². The van der Waals surface area contributed by atoms with Crippen LogP contribution in [0.1, 0.15) is 0 Å². The number of anilines is 2. The molecule has 0 atom stereocenters. The minimum absolute atomic E-state index is 0.0637. The van der Waals surface area contributed by atoms with Crippen molar-refractivity contribution >= 4 is 38.9 Å². The van der Waals surface area contributed by atoms with Crippen molar-refractivity contribution in [1.29, 1.82) is 0 Å². The summed E-state index contributed by atoms with van der Waals surface area (Å²) in [5.41, 5.74) is 1.07. The number of sulfonamides is 1. The molecule has 1 heterocycles. The van der Waals surface area contributed by atoms with Gasteiger partial charge >= 0.3 is 0 Å². The Balaban J connectivity index is 1.81. The van der Waals surface area contributed by atoms with Gasteiger partial charge in [0.25, 0.3) is 10.0 Å². The largest absolute Gasteiger partial charge is 0.359 e. The number of hydrogen-bond acceptors (Lipinski definition) is 4. The molecule has 0 saturated carbocycles. The van der Waals surface area contributed by atoms with Crippen LogP contribution in [0.25, 0.3) is 0 Å². The van der Waals surface area contributed by atoms with E-state index in [0.717, 1.165) is 0 Å². The summed E-state index contributed by atoms with van der Waals surface area (Å²) in [4.78, 5) is 13.5. The summed E-state index contributed by atoms with van der Waals surface area (Å²) < 4.78 is 27.2. The number of nitrogens with zero attached hydrogens (tertiary/aromatic N) is 1. The molecule has 0 radical (unpaired) electrons. The molecular weight excluding hydrogens is 350 g/mol. The van der Waals surface area contributed by atoms with Crippen LogP contribution in [0.3, 0.4) is 0 Å². The Labute approximate surface area is 145 Å². The molecule has 2 aromatic carbocycles. The molecule has 6 nitrogen and oxygen atoms in total. The van der Waals surface area contributed by atoms with Crippen molar-refractivity contribution in [3.63, 3.8) is 0 Å². The van der Waals surface area contributed by atoms with Crippen LogP contribution in [0, 0.1) is 0 Å². The Hall–Kier alpha value is -2.25. The second-order valence-electron chi connectivity index (χ2n) is 5.36. The summed E-state index contributed by atoms with van der Waals surface area (Å²) in [5.74, 6) is -0.0637. The molecule has 1 aliphatic heterocycles. The van der Waals surface area contributed by atoms with Crippen LogP contribution in [0.5, 0.6) is 0 Å². The van der Waals surface area contributed by atoms with Crippen molar-refractivity contribution in [2.24, 2.45) is 0 Å². The number of carbonyl (C=O) groups excluding carboxylic acids is 1. The third-order valence-electron chi connectivity index (χ3n) is 3.63. The fraction of sp³-hybridized carbons (Fsp3) is 0.188. The highest BCUT2D eigenvalue weighted by Crippen LogP contribution is 2.30. The number of hydrogen-bond donors (Lipinski definition) is 2. The Kier molecular flexibility index (Phi) is 4.64. The lowest BCUT2D eigenvalue weighted by Gasteiger charge is -2.29. The molecule has 0 unspecified atom stereocenters. The average Bonchev–Trinajstić information content (AvgIpc) is 2.55. The Morgan fingerprint density at radius 2 is 1.88 bits per heavy atom. The summed E-state index contributed by atoms with van der Waals surface area (Å²) in [5, 5.41) is 3.13. The van der Waals surface area contributed by atoms with E-state index in [2.05, 4.69) is 10.0 Å². The quantitative estimate of drug-likeness (QED) is 0.869. The monoisotopic (exact) mass is 365 g/mol. The van der Waals surface area contributed by atoms with E-state index in [1.807, 2.05) is 4.90 Å². The summed E-state index contributed by atoms with van der Waals surface area (Å²) >= 11 is 6.28. The van der Waals surface area contributed by atoms with Gasteiger partial charge in [0.15, 0.2) is 0 Å². The van der Waals surface area contributed by atoms with Crippen LogP contribution in [-0.2, 0) is 14.8 Å². The molecule has 3 rings (SSSR count). The molecule has 0 aliphatic carbocycles. The second kappa shape index (κ2) is 6.70. The van der Waals surface area contributed by atoms with E-state index in [1.54, 1.807) is 36.4 Å². The van der Waals surface area contributed by atoms with E-state index in [4.69, 9.17) is 11.6 Å². The maximum absolute atomic E-state index is 12.3. The lowest BCUT2D eigenvalue weighted by Crippen LogP contribution is -2.47. The molecule has 0 spiro atoms. The molecule has 1 aliphatic rings. The molecule has 1 amide bonds. The number of benzene rings is 2. The lowest BCUT2D eigenvalue weighted by molar-refractivity contribution is -0.120. The van der Waals surface area contributed by atoms with Crippen molar-refractivity contribution in [3.05, 3.63) is 53.6 Å². The molecule has 2 aromatic rings. The lowest BCUT2D eigenvalue weighted by atomic mass is 10.2. The standard InChI is InChI=1S/C16H16ClN3O3S/c17-14-10-12(19-24(22,23)13-4-2-1-3-5-13)6-7-15(14)20-9-8-18-16(21)11-20/h1-7,10,19H,8-9,11H2,(H,18,21). The zero-order chi connectivity index (χ0) is 17.2. The van der Waals surface area contributed by atoms with Crippen molar-refractivity contribution in [2.75, 3.05) is 29.3 Å². The zero-order valence-electron chi connectivity index (χ0n) is 12.7. The topological polar surface area (TPSA) is 78.5 Å². The average molecular weight is 366 g/mol. The fourth-order valence-electron chi connectivity index (χ4n) is 2.48. The highest BCUT2D eigenvalue weighted by molar-refractivity contribution is 7.92. The van der Waals surface area contributed by atoms with E-state index >= 15 is 0 Å². The van der Waals surface area contributed by atoms with Crippen molar-refractivity contribution in [2.45, 2.75) is 4.90 Å². The van der Waals surface area contributed by atoms with Gasteiger partial charge in [0.05, 0.1) is 27.8 Å². The molecule has 126 valence electrons. The summed E-state index contributed by atoms with van der Waals surface area (Å²) in [6.45, 7) is 1.44. The first-order valence-corrected chi connectivity index (χ1v) is 9.21. The molecular formula is C16H16ClN3O3S. The number of nitrogens with one attached hydrogen (secondary N) is 2. The van der Waals surface area contributed by atoms with E-state index in [1.165, 1.54) is 12.1 Å².